The predicted molar refractivity (Wildman–Crippen MR) is 66.5 cm³/mol. The van der Waals surface area contributed by atoms with Gasteiger partial charge in [0, 0.05) is 0 Å². The van der Waals surface area contributed by atoms with Crippen LogP contribution in [0, 0.1) is 0 Å². The Labute approximate surface area is 112 Å². The normalized spacial score (nSPS) is 25.9. The van der Waals surface area contributed by atoms with Crippen LogP contribution in [0.5, 0.6) is 0 Å². The van der Waals surface area contributed by atoms with Gasteiger partial charge >= 0.3 is 5.97 Å². The van der Waals surface area contributed by atoms with E-state index in [4.69, 9.17) is 10.8 Å². The average molecular weight is 277 g/mol. The van der Waals surface area contributed by atoms with Crippen molar-refractivity contribution in [1.29, 1.82) is 0 Å². The van der Waals surface area contributed by atoms with Gasteiger partial charge in [0.15, 0.2) is 11.5 Å². The molecular weight excluding hydrogens is 266 g/mol. The van der Waals surface area contributed by atoms with Crippen molar-refractivity contribution in [3.63, 3.8) is 0 Å². The molecule has 9 heteroatoms. The van der Waals surface area contributed by atoms with Crippen LogP contribution in [0.15, 0.2) is 24.3 Å². The molecule has 2 aromatic heterocycles. The zero-order chi connectivity index (χ0) is 14.4. The van der Waals surface area contributed by atoms with E-state index in [1.54, 1.807) is 0 Å². The maximum atomic E-state index is 11.0. The highest BCUT2D eigenvalue weighted by Crippen LogP contribution is 2.31. The lowest BCUT2D eigenvalue weighted by Gasteiger charge is -2.18. The summed E-state index contributed by atoms with van der Waals surface area (Å²) in [5.41, 5.74) is 6.11. The van der Waals surface area contributed by atoms with Gasteiger partial charge in [-0.3, -0.25) is 0 Å². The van der Waals surface area contributed by atoms with Gasteiger partial charge in [-0.2, -0.15) is 0 Å². The summed E-state index contributed by atoms with van der Waals surface area (Å²) in [6.07, 6.45) is 1.13. The topological polar surface area (TPSA) is 147 Å². The first-order valence-corrected chi connectivity index (χ1v) is 5.75. The molecule has 0 radical (unpaired) electrons. The van der Waals surface area contributed by atoms with Crippen LogP contribution in [0.25, 0.3) is 11.2 Å². The van der Waals surface area contributed by atoms with Crippen LogP contribution in [-0.2, 0) is 4.79 Å². The van der Waals surface area contributed by atoms with Gasteiger partial charge in [-0.1, -0.05) is 0 Å². The highest BCUT2D eigenvalue weighted by Gasteiger charge is 2.39. The van der Waals surface area contributed by atoms with E-state index in [0.29, 0.717) is 11.2 Å². The standard InChI is InChI=1S/C11H11N5O4/c12-9-6-10(14-2-13-9)16(3-15-6)5-1-4(11(19)20)7(17)8(5)18/h1-3,5,7-8,17-18H,(H,19,20)(H2,12,13,14)/t5-,7-,8+/m1/s1. The van der Waals surface area contributed by atoms with E-state index in [1.165, 1.54) is 23.3 Å². The summed E-state index contributed by atoms with van der Waals surface area (Å²) in [7, 11) is 0. The predicted octanol–water partition coefficient (Wildman–Crippen LogP) is -1.30. The Morgan fingerprint density at radius 1 is 1.30 bits per heavy atom. The van der Waals surface area contributed by atoms with E-state index in [2.05, 4.69) is 15.0 Å². The lowest BCUT2D eigenvalue weighted by atomic mass is 10.1. The zero-order valence-corrected chi connectivity index (χ0v) is 10.1. The number of nitrogens with two attached hydrogens (primary N) is 1. The summed E-state index contributed by atoms with van der Waals surface area (Å²) in [4.78, 5) is 22.8. The number of imidazole rings is 1. The van der Waals surface area contributed by atoms with Crippen molar-refractivity contribution in [3.8, 4) is 0 Å². The minimum Gasteiger partial charge on any atom is -0.478 e. The molecule has 0 fully saturated rings. The number of nitrogens with zero attached hydrogens (tertiary/aromatic N) is 4. The van der Waals surface area contributed by atoms with Crippen molar-refractivity contribution < 1.29 is 20.1 Å². The molecule has 0 saturated heterocycles. The molecular formula is C11H11N5O4. The molecule has 3 rings (SSSR count). The molecule has 0 aromatic carbocycles. The van der Waals surface area contributed by atoms with Crippen LogP contribution in [0.2, 0.25) is 0 Å². The monoisotopic (exact) mass is 277 g/mol. The molecule has 0 unspecified atom stereocenters. The highest BCUT2D eigenvalue weighted by atomic mass is 16.4. The summed E-state index contributed by atoms with van der Waals surface area (Å²) in [5, 5.41) is 28.7. The van der Waals surface area contributed by atoms with Gasteiger partial charge in [0.05, 0.1) is 17.9 Å². The van der Waals surface area contributed by atoms with Gasteiger partial charge < -0.3 is 25.6 Å². The van der Waals surface area contributed by atoms with Crippen molar-refractivity contribution in [1.82, 2.24) is 19.5 Å². The molecule has 5 N–H and O–H groups in total. The van der Waals surface area contributed by atoms with Gasteiger partial charge in [0.25, 0.3) is 0 Å². The molecule has 0 saturated carbocycles. The minimum absolute atomic E-state index is 0.184. The van der Waals surface area contributed by atoms with E-state index in [0.717, 1.165) is 0 Å². The van der Waals surface area contributed by atoms with Crippen LogP contribution < -0.4 is 5.73 Å². The Morgan fingerprint density at radius 2 is 2.05 bits per heavy atom. The molecule has 0 spiro atoms. The van der Waals surface area contributed by atoms with Crippen LogP contribution in [0.3, 0.4) is 0 Å². The first-order valence-electron chi connectivity index (χ1n) is 5.75. The summed E-state index contributed by atoms with van der Waals surface area (Å²) in [6, 6.07) is -0.782. The Hall–Kier alpha value is -2.52. The summed E-state index contributed by atoms with van der Waals surface area (Å²) >= 11 is 0. The molecule has 3 atom stereocenters. The van der Waals surface area contributed by atoms with Gasteiger partial charge in [0.2, 0.25) is 0 Å². The number of carboxylic acids is 1. The molecule has 1 aliphatic rings. The van der Waals surface area contributed by atoms with Crippen molar-refractivity contribution in [2.45, 2.75) is 18.2 Å². The second kappa shape index (κ2) is 4.25. The van der Waals surface area contributed by atoms with Gasteiger partial charge in [-0.15, -0.1) is 0 Å². The fourth-order valence-corrected chi connectivity index (χ4v) is 2.28. The number of carbonyl (C=O) groups is 1. The minimum atomic E-state index is -1.46. The number of aromatic nitrogens is 4. The molecule has 2 aromatic rings. The Balaban J connectivity index is 2.12. The van der Waals surface area contributed by atoms with Crippen LogP contribution in [0.1, 0.15) is 6.04 Å². The first kappa shape index (κ1) is 12.5. The summed E-state index contributed by atoms with van der Waals surface area (Å²) in [5.74, 6) is -1.10. The SMILES string of the molecule is Nc1ncnc2c1ncn2[C@@H]1C=C(C(=O)O)[C@@H](O)[C@H]1O. The number of hydrogen-bond acceptors (Lipinski definition) is 7. The molecule has 9 nitrogen and oxygen atoms in total. The third kappa shape index (κ3) is 1.64. The van der Waals surface area contributed by atoms with E-state index < -0.39 is 24.2 Å². The van der Waals surface area contributed by atoms with E-state index >= 15 is 0 Å². The number of rotatable bonds is 2. The number of aliphatic hydroxyl groups excluding tert-OH is 2. The maximum Gasteiger partial charge on any atom is 0.334 e. The molecule has 1 aliphatic carbocycles. The number of anilines is 1. The fourth-order valence-electron chi connectivity index (χ4n) is 2.28. The second-order valence-corrected chi connectivity index (χ2v) is 4.44. The van der Waals surface area contributed by atoms with Gasteiger partial charge in [0.1, 0.15) is 24.1 Å². The molecule has 2 heterocycles. The molecule has 104 valence electrons. The number of nitrogen functional groups attached to an aromatic ring is 1. The third-order valence-electron chi connectivity index (χ3n) is 3.30. The molecule has 0 amide bonds. The van der Waals surface area contributed by atoms with Crippen molar-refractivity contribution in [3.05, 3.63) is 24.3 Å². The maximum absolute atomic E-state index is 11.0. The fraction of sp³-hybridized carbons (Fsp3) is 0.273. The lowest BCUT2D eigenvalue weighted by molar-refractivity contribution is -0.134. The van der Waals surface area contributed by atoms with E-state index in [1.807, 2.05) is 0 Å². The smallest absolute Gasteiger partial charge is 0.334 e. The Bertz CT molecular complexity index is 725. The number of fused-ring (bicyclic) bond motifs is 1. The zero-order valence-electron chi connectivity index (χ0n) is 10.1. The van der Waals surface area contributed by atoms with Gasteiger partial charge in [-0.25, -0.2) is 19.7 Å². The Kier molecular flexibility index (Phi) is 2.66. The number of aliphatic hydroxyl groups is 2. The summed E-state index contributed by atoms with van der Waals surface area (Å²) in [6.45, 7) is 0. The average Bonchev–Trinajstić information content (AvgIpc) is 2.94. The second-order valence-electron chi connectivity index (χ2n) is 4.44. The quantitative estimate of drug-likeness (QED) is 0.529. The highest BCUT2D eigenvalue weighted by molar-refractivity contribution is 5.89. The number of aliphatic carboxylic acids is 1. The third-order valence-corrected chi connectivity index (χ3v) is 3.30. The number of carboxylic acid groups (broad SMARTS) is 1. The molecule has 0 bridgehead atoms. The van der Waals surface area contributed by atoms with Gasteiger partial charge in [-0.05, 0) is 6.08 Å². The Morgan fingerprint density at radius 3 is 2.70 bits per heavy atom. The molecule has 0 aliphatic heterocycles. The van der Waals surface area contributed by atoms with Crippen LogP contribution in [0.4, 0.5) is 5.82 Å². The van der Waals surface area contributed by atoms with Crippen molar-refractivity contribution in [2.75, 3.05) is 5.73 Å². The van der Waals surface area contributed by atoms with Crippen molar-refractivity contribution >= 4 is 23.0 Å². The van der Waals surface area contributed by atoms with Crippen LogP contribution >= 0.6 is 0 Å². The lowest BCUT2D eigenvalue weighted by Crippen LogP contribution is -2.30. The molecule has 20 heavy (non-hydrogen) atoms. The van der Waals surface area contributed by atoms with E-state index in [-0.39, 0.29) is 11.4 Å². The van der Waals surface area contributed by atoms with Crippen molar-refractivity contribution in [2.24, 2.45) is 0 Å². The first-order chi connectivity index (χ1) is 9.50. The summed E-state index contributed by atoms with van der Waals surface area (Å²) < 4.78 is 1.46. The van der Waals surface area contributed by atoms with E-state index in [9.17, 15) is 15.0 Å². The van der Waals surface area contributed by atoms with Crippen LogP contribution in [-0.4, -0.2) is 53.0 Å². The number of hydrogen-bond donors (Lipinski definition) is 4. The largest absolute Gasteiger partial charge is 0.478 e.